The molecule has 0 saturated carbocycles. The van der Waals surface area contributed by atoms with Crippen molar-refractivity contribution in [1.29, 1.82) is 0 Å². The highest BCUT2D eigenvalue weighted by Gasteiger charge is 2.15. The van der Waals surface area contributed by atoms with Crippen LogP contribution in [0, 0.1) is 6.92 Å². The van der Waals surface area contributed by atoms with Crippen LogP contribution < -0.4 is 10.5 Å². The minimum Gasteiger partial charge on any atom is -0.422 e. The lowest BCUT2D eigenvalue weighted by atomic mass is 10.2. The number of hydrogen-bond acceptors (Lipinski definition) is 4. The Morgan fingerprint density at radius 2 is 2.12 bits per heavy atom. The van der Waals surface area contributed by atoms with E-state index >= 15 is 0 Å². The van der Waals surface area contributed by atoms with E-state index in [0.29, 0.717) is 17.3 Å². The summed E-state index contributed by atoms with van der Waals surface area (Å²) in [5.41, 5.74) is 6.72. The zero-order chi connectivity index (χ0) is 12.4. The molecule has 0 atom stereocenters. The standard InChI is InChI=1S/C12H13N3O2/c1-8-5-3-4-6-10(8)17-12(16)9-7-11(13)14-15(9)2/h3-7H,1-2H3,(H2,13,14). The van der Waals surface area contributed by atoms with Gasteiger partial charge in [0, 0.05) is 13.1 Å². The Bertz CT molecular complexity index is 561. The van der Waals surface area contributed by atoms with Crippen LogP contribution in [0.25, 0.3) is 0 Å². The maximum absolute atomic E-state index is 11.9. The van der Waals surface area contributed by atoms with E-state index in [4.69, 9.17) is 10.5 Å². The van der Waals surface area contributed by atoms with Crippen LogP contribution >= 0.6 is 0 Å². The minimum atomic E-state index is -0.467. The predicted octanol–water partition coefficient (Wildman–Crippen LogP) is 1.53. The third-order valence-corrected chi connectivity index (χ3v) is 2.40. The van der Waals surface area contributed by atoms with E-state index in [1.54, 1.807) is 13.1 Å². The summed E-state index contributed by atoms with van der Waals surface area (Å²) in [4.78, 5) is 11.9. The zero-order valence-corrected chi connectivity index (χ0v) is 9.68. The first kappa shape index (κ1) is 11.2. The third-order valence-electron chi connectivity index (χ3n) is 2.40. The number of hydrogen-bond donors (Lipinski definition) is 1. The number of nitrogens with zero attached hydrogens (tertiary/aromatic N) is 2. The van der Waals surface area contributed by atoms with Crippen LogP contribution in [-0.4, -0.2) is 15.7 Å². The SMILES string of the molecule is Cc1ccccc1OC(=O)c1cc(N)nn1C. The molecule has 5 nitrogen and oxygen atoms in total. The summed E-state index contributed by atoms with van der Waals surface area (Å²) in [5, 5.41) is 3.89. The van der Waals surface area contributed by atoms with Gasteiger partial charge in [0.1, 0.15) is 17.3 Å². The van der Waals surface area contributed by atoms with Crippen LogP contribution in [0.3, 0.4) is 0 Å². The van der Waals surface area contributed by atoms with E-state index in [1.165, 1.54) is 10.7 Å². The van der Waals surface area contributed by atoms with Gasteiger partial charge in [-0.1, -0.05) is 18.2 Å². The molecule has 0 aliphatic heterocycles. The van der Waals surface area contributed by atoms with Gasteiger partial charge in [0.25, 0.3) is 0 Å². The number of aromatic nitrogens is 2. The summed E-state index contributed by atoms with van der Waals surface area (Å²) < 4.78 is 6.67. The lowest BCUT2D eigenvalue weighted by molar-refractivity contribution is 0.0722. The van der Waals surface area contributed by atoms with Gasteiger partial charge in [-0.05, 0) is 18.6 Å². The third kappa shape index (κ3) is 2.28. The predicted molar refractivity (Wildman–Crippen MR) is 63.8 cm³/mol. The molecular formula is C12H13N3O2. The van der Waals surface area contributed by atoms with Gasteiger partial charge in [0.15, 0.2) is 0 Å². The quantitative estimate of drug-likeness (QED) is 0.628. The molecule has 0 aliphatic carbocycles. The van der Waals surface area contributed by atoms with E-state index in [2.05, 4.69) is 5.10 Å². The van der Waals surface area contributed by atoms with Gasteiger partial charge in [0.2, 0.25) is 0 Å². The van der Waals surface area contributed by atoms with Crippen LogP contribution in [0.4, 0.5) is 5.82 Å². The maximum Gasteiger partial charge on any atom is 0.362 e. The summed E-state index contributed by atoms with van der Waals surface area (Å²) >= 11 is 0. The molecule has 0 spiro atoms. The van der Waals surface area contributed by atoms with Crippen molar-refractivity contribution >= 4 is 11.8 Å². The number of ether oxygens (including phenoxy) is 1. The van der Waals surface area contributed by atoms with Gasteiger partial charge in [-0.3, -0.25) is 4.68 Å². The van der Waals surface area contributed by atoms with Crippen molar-refractivity contribution in [3.05, 3.63) is 41.6 Å². The van der Waals surface area contributed by atoms with Crippen molar-refractivity contribution in [2.24, 2.45) is 7.05 Å². The highest BCUT2D eigenvalue weighted by atomic mass is 16.5. The number of rotatable bonds is 2. The molecule has 0 fully saturated rings. The molecular weight excluding hydrogens is 218 g/mol. The van der Waals surface area contributed by atoms with E-state index in [-0.39, 0.29) is 0 Å². The highest BCUT2D eigenvalue weighted by Crippen LogP contribution is 2.18. The molecule has 0 aliphatic rings. The number of carbonyl (C=O) groups is 1. The average Bonchev–Trinajstić information content (AvgIpc) is 2.61. The Kier molecular flexibility index (Phi) is 2.82. The second-order valence-corrected chi connectivity index (χ2v) is 3.73. The first-order chi connectivity index (χ1) is 8.08. The fraction of sp³-hybridized carbons (Fsp3) is 0.167. The monoisotopic (exact) mass is 231 g/mol. The average molecular weight is 231 g/mol. The Morgan fingerprint density at radius 1 is 1.41 bits per heavy atom. The Balaban J connectivity index is 2.23. The molecule has 1 aromatic heterocycles. The van der Waals surface area contributed by atoms with E-state index in [9.17, 15) is 4.79 Å². The van der Waals surface area contributed by atoms with E-state index in [0.717, 1.165) is 5.56 Å². The molecule has 0 unspecified atom stereocenters. The molecule has 5 heteroatoms. The van der Waals surface area contributed by atoms with Gasteiger partial charge in [-0.15, -0.1) is 0 Å². The van der Waals surface area contributed by atoms with Crippen molar-refractivity contribution in [2.45, 2.75) is 6.92 Å². The van der Waals surface area contributed by atoms with Crippen LogP contribution in [0.15, 0.2) is 30.3 Å². The van der Waals surface area contributed by atoms with Gasteiger partial charge in [0.05, 0.1) is 0 Å². The Morgan fingerprint density at radius 3 is 2.71 bits per heavy atom. The highest BCUT2D eigenvalue weighted by molar-refractivity contribution is 5.90. The number of aryl methyl sites for hydroxylation is 2. The zero-order valence-electron chi connectivity index (χ0n) is 9.68. The van der Waals surface area contributed by atoms with Gasteiger partial charge in [-0.2, -0.15) is 5.10 Å². The molecule has 88 valence electrons. The minimum absolute atomic E-state index is 0.296. The summed E-state index contributed by atoms with van der Waals surface area (Å²) in [5.74, 6) is 0.368. The van der Waals surface area contributed by atoms with Crippen LogP contribution in [0.5, 0.6) is 5.75 Å². The van der Waals surface area contributed by atoms with Crippen molar-refractivity contribution < 1.29 is 9.53 Å². The van der Waals surface area contributed by atoms with E-state index < -0.39 is 5.97 Å². The number of anilines is 1. The van der Waals surface area contributed by atoms with Gasteiger partial charge < -0.3 is 10.5 Å². The molecule has 1 heterocycles. The second-order valence-electron chi connectivity index (χ2n) is 3.73. The number of carbonyl (C=O) groups excluding carboxylic acids is 1. The normalized spacial score (nSPS) is 10.2. The number of nitrogen functional groups attached to an aromatic ring is 1. The Hall–Kier alpha value is -2.30. The first-order valence-electron chi connectivity index (χ1n) is 5.15. The van der Waals surface area contributed by atoms with Crippen molar-refractivity contribution in [1.82, 2.24) is 9.78 Å². The van der Waals surface area contributed by atoms with Crippen molar-refractivity contribution in [3.8, 4) is 5.75 Å². The molecule has 0 bridgehead atoms. The smallest absolute Gasteiger partial charge is 0.362 e. The van der Waals surface area contributed by atoms with Crippen LogP contribution in [0.2, 0.25) is 0 Å². The lowest BCUT2D eigenvalue weighted by Gasteiger charge is -2.06. The molecule has 2 rings (SSSR count). The molecule has 2 aromatic rings. The summed E-state index contributed by atoms with van der Waals surface area (Å²) in [6.07, 6.45) is 0. The molecule has 17 heavy (non-hydrogen) atoms. The van der Waals surface area contributed by atoms with E-state index in [1.807, 2.05) is 25.1 Å². The van der Waals surface area contributed by atoms with Crippen molar-refractivity contribution in [3.63, 3.8) is 0 Å². The van der Waals surface area contributed by atoms with Gasteiger partial charge in [-0.25, -0.2) is 4.79 Å². The molecule has 1 aromatic carbocycles. The fourth-order valence-corrected chi connectivity index (χ4v) is 1.50. The molecule has 0 saturated heterocycles. The molecule has 0 amide bonds. The van der Waals surface area contributed by atoms with Gasteiger partial charge >= 0.3 is 5.97 Å². The topological polar surface area (TPSA) is 70.1 Å². The molecule has 0 radical (unpaired) electrons. The molecule has 2 N–H and O–H groups in total. The second kappa shape index (κ2) is 4.29. The van der Waals surface area contributed by atoms with Crippen LogP contribution in [0.1, 0.15) is 16.1 Å². The Labute approximate surface area is 98.8 Å². The summed E-state index contributed by atoms with van der Waals surface area (Å²) in [6, 6.07) is 8.80. The summed E-state index contributed by atoms with van der Waals surface area (Å²) in [6.45, 7) is 1.88. The number of benzene rings is 1. The largest absolute Gasteiger partial charge is 0.422 e. The fourth-order valence-electron chi connectivity index (χ4n) is 1.50. The van der Waals surface area contributed by atoms with Crippen LogP contribution in [-0.2, 0) is 7.05 Å². The van der Waals surface area contributed by atoms with Crippen molar-refractivity contribution in [2.75, 3.05) is 5.73 Å². The number of nitrogens with two attached hydrogens (primary N) is 1. The number of esters is 1. The number of para-hydroxylation sites is 1. The first-order valence-corrected chi connectivity index (χ1v) is 5.15. The summed E-state index contributed by atoms with van der Waals surface area (Å²) in [7, 11) is 1.64. The lowest BCUT2D eigenvalue weighted by Crippen LogP contribution is -2.13. The maximum atomic E-state index is 11.9.